The van der Waals surface area contributed by atoms with Gasteiger partial charge in [0.1, 0.15) is 5.25 Å². The van der Waals surface area contributed by atoms with Crippen LogP contribution in [0.2, 0.25) is 0 Å². The zero-order valence-corrected chi connectivity index (χ0v) is 13.4. The molecule has 1 aliphatic carbocycles. The zero-order valence-electron chi connectivity index (χ0n) is 12.6. The second kappa shape index (κ2) is 6.50. The predicted molar refractivity (Wildman–Crippen MR) is 86.3 cm³/mol. The number of carbonyl (C=O) groups excluding carboxylic acids is 1. The fraction of sp³-hybridized carbons (Fsp3) is 0.294. The van der Waals surface area contributed by atoms with Crippen LogP contribution in [0.25, 0.3) is 0 Å². The van der Waals surface area contributed by atoms with E-state index < -0.39 is 15.1 Å². The SMILES string of the molecule is O=C(NC[C@H](c1cccnc1)S(=O)(=O)c1ccccc1)C1CC1. The van der Waals surface area contributed by atoms with Gasteiger partial charge in [-0.3, -0.25) is 9.78 Å². The molecule has 0 aliphatic heterocycles. The summed E-state index contributed by atoms with van der Waals surface area (Å²) in [5, 5.41) is 1.93. The van der Waals surface area contributed by atoms with Gasteiger partial charge in [-0.25, -0.2) is 8.42 Å². The Kier molecular flexibility index (Phi) is 4.43. The van der Waals surface area contributed by atoms with Gasteiger partial charge < -0.3 is 5.32 Å². The standard InChI is InChI=1S/C17H18N2O3S/c20-17(13-8-9-13)19-12-16(14-5-4-10-18-11-14)23(21,22)15-6-2-1-3-7-15/h1-7,10-11,13,16H,8-9,12H2,(H,19,20)/t16-/m1/s1. The van der Waals surface area contributed by atoms with Crippen LogP contribution in [-0.2, 0) is 14.6 Å². The van der Waals surface area contributed by atoms with E-state index in [1.807, 2.05) is 0 Å². The fourth-order valence-corrected chi connectivity index (χ4v) is 4.10. The van der Waals surface area contributed by atoms with E-state index in [1.165, 1.54) is 6.20 Å². The number of hydrogen-bond donors (Lipinski definition) is 1. The number of aromatic nitrogens is 1. The molecule has 1 saturated carbocycles. The molecule has 5 nitrogen and oxygen atoms in total. The van der Waals surface area contributed by atoms with Crippen LogP contribution in [0.4, 0.5) is 0 Å². The normalized spacial score (nSPS) is 15.8. The Hall–Kier alpha value is -2.21. The van der Waals surface area contributed by atoms with E-state index in [9.17, 15) is 13.2 Å². The number of carbonyl (C=O) groups is 1. The Morgan fingerprint density at radius 2 is 1.91 bits per heavy atom. The van der Waals surface area contributed by atoms with Crippen molar-refractivity contribution in [3.63, 3.8) is 0 Å². The molecule has 0 unspecified atom stereocenters. The highest BCUT2D eigenvalue weighted by molar-refractivity contribution is 7.91. The van der Waals surface area contributed by atoms with Crippen LogP contribution in [-0.4, -0.2) is 25.9 Å². The largest absolute Gasteiger partial charge is 0.354 e. The molecule has 1 fully saturated rings. The van der Waals surface area contributed by atoms with E-state index in [0.717, 1.165) is 12.8 Å². The lowest BCUT2D eigenvalue weighted by Gasteiger charge is -2.18. The van der Waals surface area contributed by atoms with Crippen molar-refractivity contribution in [3.05, 3.63) is 60.4 Å². The topological polar surface area (TPSA) is 76.1 Å². The van der Waals surface area contributed by atoms with Crippen molar-refractivity contribution < 1.29 is 13.2 Å². The van der Waals surface area contributed by atoms with Gasteiger partial charge in [-0.15, -0.1) is 0 Å². The fourth-order valence-electron chi connectivity index (χ4n) is 2.43. The molecule has 1 aromatic heterocycles. The number of sulfone groups is 1. The van der Waals surface area contributed by atoms with Gasteiger partial charge in [0.15, 0.2) is 9.84 Å². The highest BCUT2D eigenvalue weighted by Crippen LogP contribution is 2.31. The lowest BCUT2D eigenvalue weighted by molar-refractivity contribution is -0.122. The molecule has 0 saturated heterocycles. The first-order chi connectivity index (χ1) is 11.1. The van der Waals surface area contributed by atoms with Gasteiger partial charge in [0, 0.05) is 24.9 Å². The molecular weight excluding hydrogens is 312 g/mol. The predicted octanol–water partition coefficient (Wildman–Crippen LogP) is 2.12. The van der Waals surface area contributed by atoms with Crippen LogP contribution in [0.5, 0.6) is 0 Å². The zero-order chi connectivity index (χ0) is 16.3. The summed E-state index contributed by atoms with van der Waals surface area (Å²) in [4.78, 5) is 16.1. The van der Waals surface area contributed by atoms with E-state index in [0.29, 0.717) is 5.56 Å². The van der Waals surface area contributed by atoms with E-state index in [2.05, 4.69) is 10.3 Å². The van der Waals surface area contributed by atoms with Crippen molar-refractivity contribution in [2.45, 2.75) is 23.0 Å². The Morgan fingerprint density at radius 1 is 1.17 bits per heavy atom. The first-order valence-electron chi connectivity index (χ1n) is 7.55. The molecule has 1 atom stereocenters. The number of pyridine rings is 1. The van der Waals surface area contributed by atoms with Gasteiger partial charge in [-0.05, 0) is 36.6 Å². The van der Waals surface area contributed by atoms with Gasteiger partial charge in [0.2, 0.25) is 5.91 Å². The highest BCUT2D eigenvalue weighted by Gasteiger charge is 2.33. The first-order valence-corrected chi connectivity index (χ1v) is 9.10. The van der Waals surface area contributed by atoms with Gasteiger partial charge >= 0.3 is 0 Å². The average Bonchev–Trinajstić information content (AvgIpc) is 3.41. The second-order valence-corrected chi connectivity index (χ2v) is 7.78. The third kappa shape index (κ3) is 3.59. The Balaban J connectivity index is 1.89. The Labute approximate surface area is 135 Å². The third-order valence-electron chi connectivity index (χ3n) is 3.91. The minimum Gasteiger partial charge on any atom is -0.354 e. The van der Waals surface area contributed by atoms with E-state index in [1.54, 1.807) is 48.7 Å². The third-order valence-corrected chi connectivity index (χ3v) is 6.03. The van der Waals surface area contributed by atoms with Crippen molar-refractivity contribution in [1.29, 1.82) is 0 Å². The molecule has 6 heteroatoms. The smallest absolute Gasteiger partial charge is 0.223 e. The molecule has 3 rings (SSSR count). The summed E-state index contributed by atoms with van der Waals surface area (Å²) in [6.07, 6.45) is 4.90. The molecule has 0 bridgehead atoms. The van der Waals surface area contributed by atoms with Gasteiger partial charge in [-0.1, -0.05) is 24.3 Å². The van der Waals surface area contributed by atoms with Crippen molar-refractivity contribution in [3.8, 4) is 0 Å². The number of rotatable bonds is 6. The molecule has 0 spiro atoms. The van der Waals surface area contributed by atoms with Crippen LogP contribution < -0.4 is 5.32 Å². The van der Waals surface area contributed by atoms with Crippen molar-refractivity contribution in [2.24, 2.45) is 5.92 Å². The van der Waals surface area contributed by atoms with Gasteiger partial charge in [-0.2, -0.15) is 0 Å². The minimum absolute atomic E-state index is 0.0453. The van der Waals surface area contributed by atoms with Crippen LogP contribution in [0.3, 0.4) is 0 Å². The maximum atomic E-state index is 13.0. The van der Waals surface area contributed by atoms with Crippen LogP contribution in [0.15, 0.2) is 59.8 Å². The van der Waals surface area contributed by atoms with Crippen molar-refractivity contribution in [1.82, 2.24) is 10.3 Å². The molecule has 23 heavy (non-hydrogen) atoms. The molecule has 1 aromatic carbocycles. The number of benzene rings is 1. The summed E-state index contributed by atoms with van der Waals surface area (Å²) in [5.41, 5.74) is 0.576. The maximum Gasteiger partial charge on any atom is 0.223 e. The maximum absolute atomic E-state index is 13.0. The molecular formula is C17H18N2O3S. The summed E-state index contributed by atoms with van der Waals surface area (Å²) in [6, 6.07) is 11.7. The molecule has 1 amide bonds. The monoisotopic (exact) mass is 330 g/mol. The van der Waals surface area contributed by atoms with Gasteiger partial charge in [0.25, 0.3) is 0 Å². The number of amides is 1. The summed E-state index contributed by atoms with van der Waals surface area (Å²) >= 11 is 0. The molecule has 120 valence electrons. The van der Waals surface area contributed by atoms with Gasteiger partial charge in [0.05, 0.1) is 4.90 Å². The quantitative estimate of drug-likeness (QED) is 0.880. The molecule has 2 aromatic rings. The molecule has 0 radical (unpaired) electrons. The minimum atomic E-state index is -3.61. The summed E-state index contributed by atoms with van der Waals surface area (Å²) in [6.45, 7) is 0.0538. The van der Waals surface area contributed by atoms with Crippen molar-refractivity contribution >= 4 is 15.7 Å². The van der Waals surface area contributed by atoms with Crippen LogP contribution in [0, 0.1) is 5.92 Å². The summed E-state index contributed by atoms with van der Waals surface area (Å²) < 4.78 is 25.9. The highest BCUT2D eigenvalue weighted by atomic mass is 32.2. The van der Waals surface area contributed by atoms with E-state index in [4.69, 9.17) is 0 Å². The molecule has 1 N–H and O–H groups in total. The lowest BCUT2D eigenvalue weighted by atomic mass is 10.2. The lowest BCUT2D eigenvalue weighted by Crippen LogP contribution is -2.32. The Bertz CT molecular complexity index is 772. The molecule has 1 heterocycles. The first kappa shape index (κ1) is 15.7. The summed E-state index contributed by atoms with van der Waals surface area (Å²) in [7, 11) is -3.61. The summed E-state index contributed by atoms with van der Waals surface area (Å²) in [5.74, 6) is -0.0221. The van der Waals surface area contributed by atoms with E-state index >= 15 is 0 Å². The average molecular weight is 330 g/mol. The second-order valence-electron chi connectivity index (χ2n) is 5.65. The number of nitrogens with one attached hydrogen (secondary N) is 1. The Morgan fingerprint density at radius 3 is 2.52 bits per heavy atom. The van der Waals surface area contributed by atoms with E-state index in [-0.39, 0.29) is 23.3 Å². The number of hydrogen-bond acceptors (Lipinski definition) is 4. The molecule has 1 aliphatic rings. The van der Waals surface area contributed by atoms with Crippen LogP contribution in [0.1, 0.15) is 23.7 Å². The number of nitrogens with zero attached hydrogens (tertiary/aromatic N) is 1. The van der Waals surface area contributed by atoms with Crippen LogP contribution >= 0.6 is 0 Å². The van der Waals surface area contributed by atoms with Crippen molar-refractivity contribution in [2.75, 3.05) is 6.54 Å².